The highest BCUT2D eigenvalue weighted by Gasteiger charge is 2.32. The van der Waals surface area contributed by atoms with Crippen LogP contribution in [0.2, 0.25) is 0 Å². The number of fused-ring (bicyclic) bond motifs is 2. The van der Waals surface area contributed by atoms with Gasteiger partial charge in [0, 0.05) is 30.2 Å². The van der Waals surface area contributed by atoms with Crippen LogP contribution in [0.4, 0.5) is 17.3 Å². The van der Waals surface area contributed by atoms with Gasteiger partial charge >= 0.3 is 7.25 Å². The molecule has 0 aliphatic rings. The molecule has 1 aromatic heterocycles. The van der Waals surface area contributed by atoms with Crippen LogP contribution in [-0.4, -0.2) is 35.7 Å². The molecule has 0 radical (unpaired) electrons. The molecule has 214 valence electrons. The minimum absolute atomic E-state index is 0.0454. The molecule has 5 rings (SSSR count). The highest BCUT2D eigenvalue weighted by atomic mass is 19.5. The molecule has 0 N–H and O–H groups in total. The van der Waals surface area contributed by atoms with Crippen molar-refractivity contribution in [2.24, 2.45) is 0 Å². The standard InChI is InChI=1S/C31H30NO4.BF4/c1-20(21-12-7-6-8-13-21)32-22-14-9-16-24(33-2)28(22)31(29-23(32)15-10-17-25(29)34-3)30-26(35-4)18-11-19-27(30)36-5;2-1(3,4)5/h6-20H,1-5H3;/q+1;-1/t20-;/m0./s1. The van der Waals surface area contributed by atoms with Crippen LogP contribution in [0, 0.1) is 0 Å². The normalized spacial score (nSPS) is 11.9. The molecule has 0 saturated heterocycles. The van der Waals surface area contributed by atoms with E-state index in [1.807, 2.05) is 48.5 Å². The molecule has 0 amide bonds. The van der Waals surface area contributed by atoms with Gasteiger partial charge in [0.25, 0.3) is 0 Å². The monoisotopic (exact) mass is 567 g/mol. The molecule has 10 heteroatoms. The van der Waals surface area contributed by atoms with E-state index in [0.29, 0.717) is 11.5 Å². The molecule has 0 aliphatic carbocycles. The Morgan fingerprint density at radius 3 is 1.34 bits per heavy atom. The number of ether oxygens (including phenoxy) is 4. The summed E-state index contributed by atoms with van der Waals surface area (Å²) in [5.74, 6) is 2.94. The Bertz CT molecular complexity index is 1570. The smallest absolute Gasteiger partial charge is 0.496 e. The highest BCUT2D eigenvalue weighted by molar-refractivity contribution is 6.50. The van der Waals surface area contributed by atoms with Crippen molar-refractivity contribution in [2.75, 3.05) is 28.4 Å². The summed E-state index contributed by atoms with van der Waals surface area (Å²) in [4.78, 5) is 0. The molecule has 0 spiro atoms. The number of aromatic nitrogens is 1. The van der Waals surface area contributed by atoms with Crippen molar-refractivity contribution in [1.29, 1.82) is 0 Å². The maximum atomic E-state index is 9.75. The van der Waals surface area contributed by atoms with Crippen LogP contribution >= 0.6 is 0 Å². The van der Waals surface area contributed by atoms with E-state index in [1.165, 1.54) is 5.56 Å². The zero-order chi connectivity index (χ0) is 29.7. The van der Waals surface area contributed by atoms with Crippen molar-refractivity contribution in [3.63, 3.8) is 0 Å². The van der Waals surface area contributed by atoms with Gasteiger partial charge in [0.1, 0.15) is 23.0 Å². The SMILES string of the molecule is COc1cccc(OC)c1-c1c2c(OC)cccc2[n+]([C@@H](C)c2ccccc2)c2cccc(OC)c12.F[B-](F)(F)F. The zero-order valence-electron chi connectivity index (χ0n) is 23.3. The number of nitrogens with zero attached hydrogens (tertiary/aromatic N) is 1. The molecule has 41 heavy (non-hydrogen) atoms. The maximum absolute atomic E-state index is 9.75. The topological polar surface area (TPSA) is 40.8 Å². The van der Waals surface area contributed by atoms with Gasteiger partial charge in [-0.15, -0.1) is 0 Å². The van der Waals surface area contributed by atoms with E-state index in [0.717, 1.165) is 44.4 Å². The molecular formula is C31H30BF4NO4. The number of benzene rings is 4. The predicted octanol–water partition coefficient (Wildman–Crippen LogP) is 7.89. The van der Waals surface area contributed by atoms with Gasteiger partial charge in [0.15, 0.2) is 6.04 Å². The lowest BCUT2D eigenvalue weighted by Crippen LogP contribution is -2.40. The van der Waals surface area contributed by atoms with E-state index in [-0.39, 0.29) is 6.04 Å². The van der Waals surface area contributed by atoms with Crippen LogP contribution in [0.1, 0.15) is 18.5 Å². The van der Waals surface area contributed by atoms with Crippen LogP contribution in [0.25, 0.3) is 32.9 Å². The second-order valence-electron chi connectivity index (χ2n) is 9.07. The van der Waals surface area contributed by atoms with Crippen LogP contribution in [-0.2, 0) is 0 Å². The summed E-state index contributed by atoms with van der Waals surface area (Å²) in [7, 11) is 0.764. The molecule has 5 nitrogen and oxygen atoms in total. The van der Waals surface area contributed by atoms with E-state index < -0.39 is 7.25 Å². The third-order valence-corrected chi connectivity index (χ3v) is 6.81. The number of hydrogen-bond acceptors (Lipinski definition) is 4. The van der Waals surface area contributed by atoms with Gasteiger partial charge < -0.3 is 36.2 Å². The molecule has 5 aromatic rings. The first-order valence-electron chi connectivity index (χ1n) is 12.8. The van der Waals surface area contributed by atoms with Crippen LogP contribution in [0.15, 0.2) is 84.9 Å². The lowest BCUT2D eigenvalue weighted by molar-refractivity contribution is -0.659. The lowest BCUT2D eigenvalue weighted by atomic mass is 9.92. The molecular weight excluding hydrogens is 537 g/mol. The summed E-state index contributed by atoms with van der Waals surface area (Å²) >= 11 is 0. The third kappa shape index (κ3) is 6.01. The third-order valence-electron chi connectivity index (χ3n) is 6.81. The Morgan fingerprint density at radius 1 is 0.537 bits per heavy atom. The average molecular weight is 567 g/mol. The summed E-state index contributed by atoms with van der Waals surface area (Å²) in [5, 5.41) is 1.92. The van der Waals surface area contributed by atoms with Crippen LogP contribution in [0.5, 0.6) is 23.0 Å². The van der Waals surface area contributed by atoms with Gasteiger partial charge in [-0.05, 0) is 24.3 Å². The van der Waals surface area contributed by atoms with Crippen molar-refractivity contribution >= 4 is 29.1 Å². The van der Waals surface area contributed by atoms with Crippen LogP contribution in [0.3, 0.4) is 0 Å². The van der Waals surface area contributed by atoms with Gasteiger partial charge in [-0.3, -0.25) is 0 Å². The molecule has 4 aromatic carbocycles. The Hall–Kier alpha value is -4.47. The van der Waals surface area contributed by atoms with E-state index >= 15 is 0 Å². The number of methoxy groups -OCH3 is 4. The number of hydrogen-bond donors (Lipinski definition) is 0. The summed E-state index contributed by atoms with van der Waals surface area (Å²) in [6, 6.07) is 28.7. The molecule has 0 saturated carbocycles. The Morgan fingerprint density at radius 2 is 0.927 bits per heavy atom. The predicted molar refractivity (Wildman–Crippen MR) is 154 cm³/mol. The molecule has 0 aliphatic heterocycles. The summed E-state index contributed by atoms with van der Waals surface area (Å²) in [6.07, 6.45) is 0. The van der Waals surface area contributed by atoms with E-state index in [4.69, 9.17) is 18.9 Å². The molecule has 0 fully saturated rings. The zero-order valence-corrected chi connectivity index (χ0v) is 23.3. The minimum Gasteiger partial charge on any atom is -0.496 e. The van der Waals surface area contributed by atoms with Crippen molar-refractivity contribution in [1.82, 2.24) is 0 Å². The quantitative estimate of drug-likeness (QED) is 0.0868. The first-order valence-corrected chi connectivity index (χ1v) is 12.8. The number of rotatable bonds is 7. The van der Waals surface area contributed by atoms with Gasteiger partial charge in [0.05, 0.1) is 44.8 Å². The fourth-order valence-corrected chi connectivity index (χ4v) is 5.18. The van der Waals surface area contributed by atoms with Crippen molar-refractivity contribution in [3.05, 3.63) is 90.5 Å². The Labute approximate surface area is 236 Å². The van der Waals surface area contributed by atoms with E-state index in [9.17, 15) is 17.3 Å². The van der Waals surface area contributed by atoms with Crippen molar-refractivity contribution in [3.8, 4) is 34.1 Å². The largest absolute Gasteiger partial charge is 0.673 e. The average Bonchev–Trinajstić information content (AvgIpc) is 2.98. The fourth-order valence-electron chi connectivity index (χ4n) is 5.18. The molecule has 1 atom stereocenters. The Balaban J connectivity index is 0.000000714. The maximum Gasteiger partial charge on any atom is 0.673 e. The number of pyridine rings is 1. The van der Waals surface area contributed by atoms with E-state index in [1.54, 1.807) is 28.4 Å². The van der Waals surface area contributed by atoms with E-state index in [2.05, 4.69) is 47.9 Å². The molecule has 0 unspecified atom stereocenters. The number of halogens is 4. The van der Waals surface area contributed by atoms with Gasteiger partial charge in [0.2, 0.25) is 11.0 Å². The first kappa shape index (κ1) is 29.5. The first-order chi connectivity index (χ1) is 19.6. The van der Waals surface area contributed by atoms with Gasteiger partial charge in [-0.25, -0.2) is 0 Å². The summed E-state index contributed by atoms with van der Waals surface area (Å²) < 4.78 is 65.0. The van der Waals surface area contributed by atoms with Crippen molar-refractivity contribution < 1.29 is 40.8 Å². The highest BCUT2D eigenvalue weighted by Crippen LogP contribution is 2.49. The molecule has 0 bridgehead atoms. The lowest BCUT2D eigenvalue weighted by Gasteiger charge is -2.21. The summed E-state index contributed by atoms with van der Waals surface area (Å²) in [5.41, 5.74) is 5.08. The Kier molecular flexibility index (Phi) is 8.90. The van der Waals surface area contributed by atoms with Gasteiger partial charge in [-0.1, -0.05) is 48.5 Å². The minimum atomic E-state index is -6.00. The fraction of sp³-hybridized carbons (Fsp3) is 0.194. The summed E-state index contributed by atoms with van der Waals surface area (Å²) in [6.45, 7) is 2.22. The van der Waals surface area contributed by atoms with Gasteiger partial charge in [-0.2, -0.15) is 4.57 Å². The van der Waals surface area contributed by atoms with Crippen LogP contribution < -0.4 is 23.5 Å². The van der Waals surface area contributed by atoms with Crippen molar-refractivity contribution in [2.45, 2.75) is 13.0 Å². The second kappa shape index (κ2) is 12.4. The second-order valence-corrected chi connectivity index (χ2v) is 9.07. The molecule has 1 heterocycles.